The van der Waals surface area contributed by atoms with E-state index in [0.29, 0.717) is 6.42 Å². The van der Waals surface area contributed by atoms with Crippen LogP contribution in [0.3, 0.4) is 0 Å². The highest BCUT2D eigenvalue weighted by atomic mass is 79.9. The van der Waals surface area contributed by atoms with Crippen molar-refractivity contribution < 1.29 is 9.90 Å². The fourth-order valence-corrected chi connectivity index (χ4v) is 2.31. The number of aliphatic carboxylic acids is 1. The fourth-order valence-electron chi connectivity index (χ4n) is 1.07. The van der Waals surface area contributed by atoms with Gasteiger partial charge in [-0.05, 0) is 34.5 Å². The predicted octanol–water partition coefficient (Wildman–Crippen LogP) is 3.19. The molecule has 1 aromatic rings. The number of hydrogen-bond acceptors (Lipinski definition) is 3. The highest BCUT2D eigenvalue weighted by Crippen LogP contribution is 2.25. The molecule has 0 radical (unpaired) electrons. The van der Waals surface area contributed by atoms with Crippen LogP contribution in [-0.4, -0.2) is 21.3 Å². The van der Waals surface area contributed by atoms with Gasteiger partial charge in [0.25, 0.3) is 0 Å². The second-order valence-electron chi connectivity index (χ2n) is 3.05. The summed E-state index contributed by atoms with van der Waals surface area (Å²) in [6.45, 7) is 1.98. The maximum absolute atomic E-state index is 10.9. The van der Waals surface area contributed by atoms with Crippen molar-refractivity contribution in [2.75, 3.05) is 0 Å². The van der Waals surface area contributed by atoms with E-state index in [-0.39, 0.29) is 0 Å². The molecule has 0 aliphatic rings. The second kappa shape index (κ2) is 6.12. The van der Waals surface area contributed by atoms with Crippen molar-refractivity contribution in [3.8, 4) is 0 Å². The zero-order valence-corrected chi connectivity index (χ0v) is 10.7. The van der Waals surface area contributed by atoms with Gasteiger partial charge in [0.15, 0.2) is 0 Å². The highest BCUT2D eigenvalue weighted by molar-refractivity contribution is 9.10. The lowest BCUT2D eigenvalue weighted by molar-refractivity contribution is -0.136. The largest absolute Gasteiger partial charge is 0.480 e. The van der Waals surface area contributed by atoms with Gasteiger partial charge < -0.3 is 5.11 Å². The molecule has 1 N–H and O–H groups in total. The van der Waals surface area contributed by atoms with E-state index in [1.807, 2.05) is 19.1 Å². The van der Waals surface area contributed by atoms with Crippen molar-refractivity contribution >= 4 is 33.7 Å². The Labute approximate surface area is 101 Å². The molecule has 0 fully saturated rings. The van der Waals surface area contributed by atoms with Gasteiger partial charge in [0.1, 0.15) is 5.25 Å². The summed E-state index contributed by atoms with van der Waals surface area (Å²) in [5, 5.41) is 9.31. The Morgan fingerprint density at radius 2 is 2.40 bits per heavy atom. The lowest BCUT2D eigenvalue weighted by Gasteiger charge is -2.09. The summed E-state index contributed by atoms with van der Waals surface area (Å²) in [5.74, 6) is -0.772. The van der Waals surface area contributed by atoms with Gasteiger partial charge in [-0.1, -0.05) is 25.1 Å². The van der Waals surface area contributed by atoms with Crippen LogP contribution < -0.4 is 0 Å². The van der Waals surface area contributed by atoms with Crippen LogP contribution in [-0.2, 0) is 4.79 Å². The Morgan fingerprint density at radius 3 is 2.87 bits per heavy atom. The summed E-state index contributed by atoms with van der Waals surface area (Å²) in [4.78, 5) is 15.0. The fraction of sp³-hybridized carbons (Fsp3) is 0.400. The summed E-state index contributed by atoms with van der Waals surface area (Å²) in [5.41, 5.74) is 0. The van der Waals surface area contributed by atoms with E-state index in [2.05, 4.69) is 20.9 Å². The van der Waals surface area contributed by atoms with Gasteiger partial charge in [-0.3, -0.25) is 4.79 Å². The number of rotatable bonds is 5. The second-order valence-corrected chi connectivity index (χ2v) is 5.19. The number of pyridine rings is 1. The van der Waals surface area contributed by atoms with Crippen molar-refractivity contribution in [3.05, 3.63) is 22.8 Å². The maximum atomic E-state index is 10.9. The van der Waals surface area contributed by atoms with E-state index >= 15 is 0 Å². The Kier molecular flexibility index (Phi) is 5.11. The molecule has 0 aliphatic heterocycles. The van der Waals surface area contributed by atoms with Crippen molar-refractivity contribution in [1.29, 1.82) is 0 Å². The minimum Gasteiger partial charge on any atom is -0.480 e. The van der Waals surface area contributed by atoms with E-state index in [1.54, 1.807) is 6.20 Å². The van der Waals surface area contributed by atoms with Crippen molar-refractivity contribution in [3.63, 3.8) is 0 Å². The Balaban J connectivity index is 2.65. The molecule has 0 saturated carbocycles. The third-order valence-electron chi connectivity index (χ3n) is 1.79. The average molecular weight is 290 g/mol. The van der Waals surface area contributed by atoms with E-state index in [9.17, 15) is 4.79 Å². The topological polar surface area (TPSA) is 50.2 Å². The van der Waals surface area contributed by atoms with E-state index in [0.717, 1.165) is 15.9 Å². The third-order valence-corrected chi connectivity index (χ3v) is 3.46. The zero-order chi connectivity index (χ0) is 11.3. The first-order valence-electron chi connectivity index (χ1n) is 4.64. The van der Waals surface area contributed by atoms with Crippen LogP contribution in [0, 0.1) is 0 Å². The summed E-state index contributed by atoms with van der Waals surface area (Å²) in [6, 6.07) is 3.68. The number of aromatic nitrogens is 1. The van der Waals surface area contributed by atoms with Crippen LogP contribution in [0.15, 0.2) is 27.8 Å². The SMILES string of the molecule is CCCC(Sc1ccc(Br)cn1)C(=O)O. The van der Waals surface area contributed by atoms with Crippen molar-refractivity contribution in [2.45, 2.75) is 30.0 Å². The van der Waals surface area contributed by atoms with Gasteiger partial charge in [-0.2, -0.15) is 0 Å². The summed E-state index contributed by atoms with van der Waals surface area (Å²) >= 11 is 4.58. The van der Waals surface area contributed by atoms with Gasteiger partial charge in [0, 0.05) is 10.7 Å². The molecular weight excluding hydrogens is 278 g/mol. The van der Waals surface area contributed by atoms with Gasteiger partial charge in [0.05, 0.1) is 5.03 Å². The molecule has 0 amide bonds. The first kappa shape index (κ1) is 12.5. The number of nitrogens with zero attached hydrogens (tertiary/aromatic N) is 1. The van der Waals surface area contributed by atoms with Gasteiger partial charge in [-0.25, -0.2) is 4.98 Å². The molecule has 5 heteroatoms. The number of halogens is 1. The van der Waals surface area contributed by atoms with Crippen molar-refractivity contribution in [2.24, 2.45) is 0 Å². The summed E-state index contributed by atoms with van der Waals surface area (Å²) < 4.78 is 0.897. The van der Waals surface area contributed by atoms with E-state index in [1.165, 1.54) is 11.8 Å². The molecule has 15 heavy (non-hydrogen) atoms. The van der Waals surface area contributed by atoms with Gasteiger partial charge in [0.2, 0.25) is 0 Å². The maximum Gasteiger partial charge on any atom is 0.317 e. The Morgan fingerprint density at radius 1 is 1.67 bits per heavy atom. The average Bonchev–Trinajstić information content (AvgIpc) is 2.20. The van der Waals surface area contributed by atoms with E-state index < -0.39 is 11.2 Å². The minimum atomic E-state index is -0.772. The first-order valence-corrected chi connectivity index (χ1v) is 6.31. The summed E-state index contributed by atoms with van der Waals surface area (Å²) in [7, 11) is 0. The number of carboxylic acid groups (broad SMARTS) is 1. The number of carbonyl (C=O) groups is 1. The van der Waals surface area contributed by atoms with Gasteiger partial charge >= 0.3 is 5.97 Å². The van der Waals surface area contributed by atoms with Crippen LogP contribution in [0.4, 0.5) is 0 Å². The molecule has 0 aromatic carbocycles. The zero-order valence-electron chi connectivity index (χ0n) is 8.31. The predicted molar refractivity (Wildman–Crippen MR) is 64.1 cm³/mol. The molecule has 0 aliphatic carbocycles. The van der Waals surface area contributed by atoms with Crippen LogP contribution in [0.25, 0.3) is 0 Å². The van der Waals surface area contributed by atoms with Crippen molar-refractivity contribution in [1.82, 2.24) is 4.98 Å². The molecule has 3 nitrogen and oxygen atoms in total. The minimum absolute atomic E-state index is 0.399. The molecule has 1 atom stereocenters. The van der Waals surface area contributed by atoms with Crippen LogP contribution >= 0.6 is 27.7 Å². The molecule has 82 valence electrons. The van der Waals surface area contributed by atoms with Crippen LogP contribution in [0.2, 0.25) is 0 Å². The van der Waals surface area contributed by atoms with Crippen LogP contribution in [0.1, 0.15) is 19.8 Å². The molecule has 0 bridgehead atoms. The smallest absolute Gasteiger partial charge is 0.317 e. The molecule has 0 saturated heterocycles. The summed E-state index contributed by atoms with van der Waals surface area (Å²) in [6.07, 6.45) is 3.20. The van der Waals surface area contributed by atoms with E-state index in [4.69, 9.17) is 5.11 Å². The number of carboxylic acids is 1. The molecule has 1 aromatic heterocycles. The molecule has 0 spiro atoms. The van der Waals surface area contributed by atoms with Crippen LogP contribution in [0.5, 0.6) is 0 Å². The molecule has 1 unspecified atom stereocenters. The molecule has 1 rings (SSSR count). The quantitative estimate of drug-likeness (QED) is 0.846. The van der Waals surface area contributed by atoms with Gasteiger partial charge in [-0.15, -0.1) is 0 Å². The first-order chi connectivity index (χ1) is 7.13. The highest BCUT2D eigenvalue weighted by Gasteiger charge is 2.18. The molecular formula is C10H12BrNO2S. The lowest BCUT2D eigenvalue weighted by Crippen LogP contribution is -2.15. The monoisotopic (exact) mass is 289 g/mol. The standard InChI is InChI=1S/C10H12BrNO2S/c1-2-3-8(10(13)14)15-9-5-4-7(11)6-12-9/h4-6,8H,2-3H2,1H3,(H,13,14). The molecule has 1 heterocycles. The Hall–Kier alpha value is -0.550. The lowest BCUT2D eigenvalue weighted by atomic mass is 10.2. The normalized spacial score (nSPS) is 12.4. The number of thioether (sulfide) groups is 1. The third kappa shape index (κ3) is 4.22. The Bertz CT molecular complexity index is 329. The number of hydrogen-bond donors (Lipinski definition) is 1.